The highest BCUT2D eigenvalue weighted by Gasteiger charge is 2.13. The molecule has 5 heteroatoms. The van der Waals surface area contributed by atoms with Crippen LogP contribution in [0, 0.1) is 32.1 Å². The molecule has 0 saturated heterocycles. The van der Waals surface area contributed by atoms with Gasteiger partial charge in [-0.15, -0.1) is 0 Å². The maximum absolute atomic E-state index is 12.6. The van der Waals surface area contributed by atoms with Gasteiger partial charge in [-0.25, -0.2) is 0 Å². The summed E-state index contributed by atoms with van der Waals surface area (Å²) in [6.45, 7) is 6.39. The first-order chi connectivity index (χ1) is 14.4. The number of carbonyl (C=O) groups is 1. The van der Waals surface area contributed by atoms with Gasteiger partial charge in [0.1, 0.15) is 17.4 Å². The fourth-order valence-corrected chi connectivity index (χ4v) is 3.35. The number of hydrogen-bond donors (Lipinski definition) is 1. The molecule has 3 rings (SSSR count). The lowest BCUT2D eigenvalue weighted by Crippen LogP contribution is -2.23. The Labute approximate surface area is 177 Å². The number of rotatable bonds is 6. The van der Waals surface area contributed by atoms with Crippen molar-refractivity contribution < 1.29 is 9.53 Å². The number of nitriles is 1. The Balaban J connectivity index is 1.79. The second-order valence-corrected chi connectivity index (χ2v) is 7.20. The van der Waals surface area contributed by atoms with Gasteiger partial charge in [-0.05, 0) is 68.3 Å². The van der Waals surface area contributed by atoms with E-state index in [-0.39, 0.29) is 5.57 Å². The number of methoxy groups -OCH3 is 1. The Hall–Kier alpha value is -3.78. The minimum Gasteiger partial charge on any atom is -0.497 e. The van der Waals surface area contributed by atoms with E-state index in [0.717, 1.165) is 34.0 Å². The summed E-state index contributed by atoms with van der Waals surface area (Å²) < 4.78 is 7.26. The van der Waals surface area contributed by atoms with Crippen LogP contribution in [-0.2, 0) is 11.3 Å². The van der Waals surface area contributed by atoms with Gasteiger partial charge in [0.25, 0.3) is 5.91 Å². The van der Waals surface area contributed by atoms with E-state index in [1.807, 2.05) is 50.2 Å². The molecular formula is C25H25N3O2. The van der Waals surface area contributed by atoms with Crippen molar-refractivity contribution in [2.45, 2.75) is 27.3 Å². The number of amides is 1. The van der Waals surface area contributed by atoms with Crippen molar-refractivity contribution in [3.8, 4) is 17.5 Å². The fourth-order valence-electron chi connectivity index (χ4n) is 3.35. The predicted octanol–water partition coefficient (Wildman–Crippen LogP) is 4.63. The summed E-state index contributed by atoms with van der Waals surface area (Å²) in [5, 5.41) is 12.3. The van der Waals surface area contributed by atoms with Crippen molar-refractivity contribution in [3.63, 3.8) is 0 Å². The van der Waals surface area contributed by atoms with Gasteiger partial charge in [0.2, 0.25) is 0 Å². The highest BCUT2D eigenvalue weighted by atomic mass is 16.5. The molecule has 0 spiro atoms. The lowest BCUT2D eigenvalue weighted by atomic mass is 10.1. The van der Waals surface area contributed by atoms with Gasteiger partial charge in [-0.3, -0.25) is 4.79 Å². The third-order valence-electron chi connectivity index (χ3n) is 5.04. The minimum atomic E-state index is -0.395. The first kappa shape index (κ1) is 20.9. The van der Waals surface area contributed by atoms with E-state index < -0.39 is 5.91 Å². The van der Waals surface area contributed by atoms with Crippen molar-refractivity contribution in [2.75, 3.05) is 7.11 Å². The fraction of sp³-hybridized carbons (Fsp3) is 0.200. The summed E-state index contributed by atoms with van der Waals surface area (Å²) in [6.07, 6.45) is 1.65. The number of hydrogen-bond acceptors (Lipinski definition) is 3. The summed E-state index contributed by atoms with van der Waals surface area (Å²) in [5.74, 6) is 0.361. The zero-order valence-corrected chi connectivity index (χ0v) is 17.7. The monoisotopic (exact) mass is 399 g/mol. The molecule has 1 N–H and O–H groups in total. The average molecular weight is 399 g/mol. The van der Waals surface area contributed by atoms with Crippen LogP contribution < -0.4 is 10.1 Å². The van der Waals surface area contributed by atoms with E-state index in [1.165, 1.54) is 5.56 Å². The van der Waals surface area contributed by atoms with Crippen LogP contribution >= 0.6 is 0 Å². The van der Waals surface area contributed by atoms with E-state index in [9.17, 15) is 10.1 Å². The molecule has 5 nitrogen and oxygen atoms in total. The number of nitrogens with one attached hydrogen (secondary N) is 1. The lowest BCUT2D eigenvalue weighted by molar-refractivity contribution is -0.117. The lowest BCUT2D eigenvalue weighted by Gasteiger charge is -2.10. The van der Waals surface area contributed by atoms with E-state index >= 15 is 0 Å². The molecule has 0 unspecified atom stereocenters. The van der Waals surface area contributed by atoms with Gasteiger partial charge in [-0.1, -0.05) is 29.8 Å². The number of nitrogens with zero attached hydrogens (tertiary/aromatic N) is 2. The summed E-state index contributed by atoms with van der Waals surface area (Å²) in [4.78, 5) is 12.6. The maximum Gasteiger partial charge on any atom is 0.262 e. The van der Waals surface area contributed by atoms with E-state index in [1.54, 1.807) is 13.2 Å². The van der Waals surface area contributed by atoms with Gasteiger partial charge >= 0.3 is 0 Å². The van der Waals surface area contributed by atoms with Crippen molar-refractivity contribution in [3.05, 3.63) is 88.2 Å². The summed E-state index contributed by atoms with van der Waals surface area (Å²) in [6, 6.07) is 19.7. The van der Waals surface area contributed by atoms with Gasteiger partial charge in [0.05, 0.1) is 7.11 Å². The second kappa shape index (κ2) is 9.15. The number of aromatic nitrogens is 1. The van der Waals surface area contributed by atoms with Gasteiger partial charge in [0.15, 0.2) is 0 Å². The number of aryl methyl sites for hydroxylation is 2. The van der Waals surface area contributed by atoms with Crippen LogP contribution in [0.1, 0.15) is 28.1 Å². The van der Waals surface area contributed by atoms with Crippen LogP contribution in [-0.4, -0.2) is 17.6 Å². The molecule has 152 valence electrons. The highest BCUT2D eigenvalue weighted by molar-refractivity contribution is 6.01. The molecule has 0 aliphatic heterocycles. The molecule has 1 aromatic heterocycles. The molecule has 3 aromatic rings. The number of benzene rings is 2. The molecular weight excluding hydrogens is 374 g/mol. The summed E-state index contributed by atoms with van der Waals surface area (Å²) in [5.41, 5.74) is 6.13. The van der Waals surface area contributed by atoms with E-state index in [2.05, 4.69) is 41.1 Å². The molecule has 0 atom stereocenters. The molecule has 0 fully saturated rings. The van der Waals surface area contributed by atoms with Crippen LogP contribution in [0.2, 0.25) is 0 Å². The average Bonchev–Trinajstić information content (AvgIpc) is 3.04. The quantitative estimate of drug-likeness (QED) is 0.485. The highest BCUT2D eigenvalue weighted by Crippen LogP contribution is 2.23. The van der Waals surface area contributed by atoms with Crippen LogP contribution in [0.25, 0.3) is 11.8 Å². The third-order valence-corrected chi connectivity index (χ3v) is 5.04. The Morgan fingerprint density at radius 2 is 1.77 bits per heavy atom. The Kier molecular flexibility index (Phi) is 6.38. The van der Waals surface area contributed by atoms with Crippen molar-refractivity contribution in [1.82, 2.24) is 9.88 Å². The van der Waals surface area contributed by atoms with Gasteiger partial charge in [-0.2, -0.15) is 5.26 Å². The van der Waals surface area contributed by atoms with Crippen molar-refractivity contribution in [1.29, 1.82) is 5.26 Å². The van der Waals surface area contributed by atoms with E-state index in [4.69, 9.17) is 4.74 Å². The molecule has 0 aliphatic carbocycles. The summed E-state index contributed by atoms with van der Waals surface area (Å²) >= 11 is 0. The Bertz CT molecular complexity index is 1110. The number of carbonyl (C=O) groups excluding carboxylic acids is 1. The first-order valence-electron chi connectivity index (χ1n) is 9.72. The van der Waals surface area contributed by atoms with Crippen molar-refractivity contribution in [2.24, 2.45) is 0 Å². The molecule has 1 amide bonds. The normalized spacial score (nSPS) is 11.1. The zero-order chi connectivity index (χ0) is 21.7. The van der Waals surface area contributed by atoms with Crippen LogP contribution in [0.15, 0.2) is 60.2 Å². The maximum atomic E-state index is 12.6. The summed E-state index contributed by atoms with van der Waals surface area (Å²) in [7, 11) is 1.61. The minimum absolute atomic E-state index is 0.0765. The first-order valence-corrected chi connectivity index (χ1v) is 9.72. The zero-order valence-electron chi connectivity index (χ0n) is 17.7. The topological polar surface area (TPSA) is 67.0 Å². The SMILES string of the molecule is COc1ccc(CNC(=O)/C(C#N)=C/c2cc(C)n(-c3ccc(C)cc3)c2C)cc1. The van der Waals surface area contributed by atoms with Crippen LogP contribution in [0.3, 0.4) is 0 Å². The van der Waals surface area contributed by atoms with E-state index in [0.29, 0.717) is 6.54 Å². The molecule has 30 heavy (non-hydrogen) atoms. The van der Waals surface area contributed by atoms with Gasteiger partial charge in [0, 0.05) is 23.6 Å². The molecule has 1 heterocycles. The Morgan fingerprint density at radius 3 is 2.37 bits per heavy atom. The van der Waals surface area contributed by atoms with Crippen LogP contribution in [0.4, 0.5) is 0 Å². The molecule has 2 aromatic carbocycles. The second-order valence-electron chi connectivity index (χ2n) is 7.20. The molecule has 0 bridgehead atoms. The van der Waals surface area contributed by atoms with Gasteiger partial charge < -0.3 is 14.6 Å². The number of ether oxygens (including phenoxy) is 1. The standard InChI is InChI=1S/C25H25N3O2/c1-17-5-9-23(10-6-17)28-18(2)13-21(19(28)3)14-22(15-26)25(29)27-16-20-7-11-24(30-4)12-8-20/h5-14H,16H2,1-4H3,(H,27,29)/b22-14+. The molecule has 0 radical (unpaired) electrons. The third kappa shape index (κ3) is 4.61. The smallest absolute Gasteiger partial charge is 0.262 e. The molecule has 0 aliphatic rings. The largest absolute Gasteiger partial charge is 0.497 e. The van der Waals surface area contributed by atoms with Crippen molar-refractivity contribution >= 4 is 12.0 Å². The Morgan fingerprint density at radius 1 is 1.10 bits per heavy atom. The molecule has 0 saturated carbocycles. The van der Waals surface area contributed by atoms with Crippen LogP contribution in [0.5, 0.6) is 5.75 Å². The predicted molar refractivity (Wildman–Crippen MR) is 118 cm³/mol.